The number of aromatic nitrogens is 4. The summed E-state index contributed by atoms with van der Waals surface area (Å²) in [6.07, 6.45) is 5.03. The van der Waals surface area contributed by atoms with Crippen LogP contribution in [0.3, 0.4) is 0 Å². The Morgan fingerprint density at radius 2 is 1.89 bits per heavy atom. The van der Waals surface area contributed by atoms with E-state index in [1.165, 1.54) is 22.5 Å². The Hall–Kier alpha value is -3.37. The minimum absolute atomic E-state index is 0.139. The van der Waals surface area contributed by atoms with Crippen molar-refractivity contribution in [1.29, 1.82) is 0 Å². The third-order valence-corrected chi connectivity index (χ3v) is 7.35. The zero-order valence-electron chi connectivity index (χ0n) is 21.5. The maximum absolute atomic E-state index is 13.1. The first-order valence-electron chi connectivity index (χ1n) is 12.8. The minimum Gasteiger partial charge on any atom is -0.379 e. The van der Waals surface area contributed by atoms with Crippen LogP contribution < -0.4 is 0 Å². The van der Waals surface area contributed by atoms with E-state index < -0.39 is 11.7 Å². The van der Waals surface area contributed by atoms with Crippen molar-refractivity contribution in [3.63, 3.8) is 0 Å². The number of ketones is 1. The Balaban J connectivity index is 1.25. The van der Waals surface area contributed by atoms with E-state index in [9.17, 15) is 18.0 Å². The lowest BCUT2D eigenvalue weighted by Crippen LogP contribution is -2.43. The zero-order chi connectivity index (χ0) is 26.9. The fourth-order valence-corrected chi connectivity index (χ4v) is 5.25. The Morgan fingerprint density at radius 1 is 1.11 bits per heavy atom. The lowest BCUT2D eigenvalue weighted by Gasteiger charge is -2.36. The van der Waals surface area contributed by atoms with Crippen molar-refractivity contribution in [2.24, 2.45) is 0 Å². The van der Waals surface area contributed by atoms with Crippen LogP contribution in [0.4, 0.5) is 13.2 Å². The Kier molecular flexibility index (Phi) is 7.45. The van der Waals surface area contributed by atoms with E-state index in [-0.39, 0.29) is 18.0 Å². The number of allylic oxidation sites excluding steroid dienone is 1. The van der Waals surface area contributed by atoms with Crippen molar-refractivity contribution >= 4 is 11.4 Å². The molecule has 1 aliphatic carbocycles. The summed E-state index contributed by atoms with van der Waals surface area (Å²) in [6.45, 7) is 7.32. The van der Waals surface area contributed by atoms with Crippen LogP contribution in [0.5, 0.6) is 0 Å². The lowest BCUT2D eigenvalue weighted by molar-refractivity contribution is -0.137. The number of aryl methyl sites for hydroxylation is 1. The van der Waals surface area contributed by atoms with Crippen LogP contribution in [0.25, 0.3) is 11.4 Å². The summed E-state index contributed by atoms with van der Waals surface area (Å²) in [5, 5.41) is 4.19. The molecule has 3 aromatic rings. The SMILES string of the molecule is Cc1cc(CC(=O)c2cnn(-c3ccc(C(F)(F)F)cn3)c2C)cnc1C1=CC[C@H](N2CCOCC2)CC1. The van der Waals surface area contributed by atoms with E-state index in [0.717, 1.165) is 74.6 Å². The van der Waals surface area contributed by atoms with Gasteiger partial charge >= 0.3 is 6.18 Å². The van der Waals surface area contributed by atoms with E-state index in [1.54, 1.807) is 13.1 Å². The van der Waals surface area contributed by atoms with Crippen LogP contribution in [0.2, 0.25) is 0 Å². The number of rotatable bonds is 6. The molecule has 1 atom stereocenters. The predicted octanol–water partition coefficient (Wildman–Crippen LogP) is 4.99. The van der Waals surface area contributed by atoms with Crippen molar-refractivity contribution in [3.8, 4) is 5.82 Å². The number of ether oxygens (including phenoxy) is 1. The number of carbonyl (C=O) groups excluding carboxylic acids is 1. The van der Waals surface area contributed by atoms with Crippen molar-refractivity contribution in [1.82, 2.24) is 24.6 Å². The number of nitrogens with zero attached hydrogens (tertiary/aromatic N) is 5. The van der Waals surface area contributed by atoms with Crippen LogP contribution in [-0.2, 0) is 17.3 Å². The van der Waals surface area contributed by atoms with Crippen molar-refractivity contribution in [2.75, 3.05) is 26.3 Å². The largest absolute Gasteiger partial charge is 0.417 e. The van der Waals surface area contributed by atoms with Gasteiger partial charge in [0, 0.05) is 37.9 Å². The van der Waals surface area contributed by atoms with Crippen LogP contribution in [0.15, 0.2) is 42.9 Å². The minimum atomic E-state index is -4.47. The number of Topliss-reactive ketones (excluding diaryl/α,β-unsaturated/α-hetero) is 1. The van der Waals surface area contributed by atoms with E-state index in [2.05, 4.69) is 21.1 Å². The Bertz CT molecular complexity index is 1340. The molecule has 0 N–H and O–H groups in total. The van der Waals surface area contributed by atoms with Gasteiger partial charge < -0.3 is 4.74 Å². The molecule has 10 heteroatoms. The van der Waals surface area contributed by atoms with E-state index in [0.29, 0.717) is 17.3 Å². The van der Waals surface area contributed by atoms with Gasteiger partial charge in [0.15, 0.2) is 11.6 Å². The molecule has 0 bridgehead atoms. The third kappa shape index (κ3) is 5.56. The fourth-order valence-electron chi connectivity index (χ4n) is 5.25. The van der Waals surface area contributed by atoms with Crippen molar-refractivity contribution in [3.05, 3.63) is 76.5 Å². The molecular weight excluding hydrogens is 495 g/mol. The smallest absolute Gasteiger partial charge is 0.379 e. The third-order valence-electron chi connectivity index (χ3n) is 7.35. The first-order chi connectivity index (χ1) is 18.2. The van der Waals surface area contributed by atoms with E-state index in [4.69, 9.17) is 9.72 Å². The van der Waals surface area contributed by atoms with Gasteiger partial charge in [-0.2, -0.15) is 18.3 Å². The molecule has 38 heavy (non-hydrogen) atoms. The van der Waals surface area contributed by atoms with Gasteiger partial charge in [-0.1, -0.05) is 12.1 Å². The highest BCUT2D eigenvalue weighted by Crippen LogP contribution is 2.31. The molecule has 5 rings (SSSR count). The van der Waals surface area contributed by atoms with Gasteiger partial charge in [0.25, 0.3) is 0 Å². The van der Waals surface area contributed by atoms with Gasteiger partial charge in [-0.3, -0.25) is 14.7 Å². The highest BCUT2D eigenvalue weighted by atomic mass is 19.4. The van der Waals surface area contributed by atoms with Crippen LogP contribution in [-0.4, -0.2) is 62.8 Å². The molecule has 0 saturated carbocycles. The van der Waals surface area contributed by atoms with Crippen LogP contribution in [0.1, 0.15) is 57.7 Å². The number of hydrogen-bond acceptors (Lipinski definition) is 6. The van der Waals surface area contributed by atoms with Crippen LogP contribution >= 0.6 is 0 Å². The van der Waals surface area contributed by atoms with Gasteiger partial charge in [0.2, 0.25) is 0 Å². The monoisotopic (exact) mass is 525 g/mol. The fraction of sp³-hybridized carbons (Fsp3) is 0.429. The lowest BCUT2D eigenvalue weighted by atomic mass is 9.90. The number of hydrogen-bond donors (Lipinski definition) is 0. The topological polar surface area (TPSA) is 73.1 Å². The Morgan fingerprint density at radius 3 is 2.53 bits per heavy atom. The number of alkyl halides is 3. The standard InChI is InChI=1S/C28H30F3N5O2/c1-18-13-20(15-33-27(18)21-3-6-23(7-4-21)35-9-11-38-12-10-35)14-25(37)24-17-34-36(19(24)2)26-8-5-22(16-32-26)28(29,30)31/h3,5,8,13,15-17,23H,4,6-7,9-12,14H2,1-2H3/t23-/m0/s1. The quantitative estimate of drug-likeness (QED) is 0.422. The zero-order valence-corrected chi connectivity index (χ0v) is 21.5. The molecule has 2 aliphatic rings. The molecule has 200 valence electrons. The molecule has 1 aliphatic heterocycles. The average molecular weight is 526 g/mol. The molecule has 0 radical (unpaired) electrons. The maximum Gasteiger partial charge on any atom is 0.417 e. The molecule has 3 aromatic heterocycles. The summed E-state index contributed by atoms with van der Waals surface area (Å²) in [5.74, 6) is 0.0767. The normalized spacial score (nSPS) is 18.9. The van der Waals surface area contributed by atoms with E-state index >= 15 is 0 Å². The molecule has 1 fully saturated rings. The number of morpholine rings is 1. The maximum atomic E-state index is 13.1. The summed E-state index contributed by atoms with van der Waals surface area (Å²) < 4.78 is 45.4. The number of pyridine rings is 2. The summed E-state index contributed by atoms with van der Waals surface area (Å²) in [6, 6.07) is 4.76. The Labute approximate surface area is 219 Å². The van der Waals surface area contributed by atoms with Crippen LogP contribution in [0, 0.1) is 13.8 Å². The van der Waals surface area contributed by atoms with Crippen molar-refractivity contribution in [2.45, 2.75) is 51.7 Å². The van der Waals surface area contributed by atoms with Gasteiger partial charge in [0.05, 0.1) is 41.9 Å². The van der Waals surface area contributed by atoms with Gasteiger partial charge in [0.1, 0.15) is 0 Å². The summed E-state index contributed by atoms with van der Waals surface area (Å²) in [4.78, 5) is 24.2. The number of carbonyl (C=O) groups is 1. The first-order valence-corrected chi connectivity index (χ1v) is 12.8. The summed E-state index contributed by atoms with van der Waals surface area (Å²) in [5.41, 5.74) is 4.16. The summed E-state index contributed by atoms with van der Waals surface area (Å²) in [7, 11) is 0. The molecule has 0 unspecified atom stereocenters. The highest BCUT2D eigenvalue weighted by molar-refractivity contribution is 5.98. The average Bonchev–Trinajstić information content (AvgIpc) is 3.30. The molecule has 0 aromatic carbocycles. The molecule has 0 amide bonds. The predicted molar refractivity (Wildman–Crippen MR) is 136 cm³/mol. The molecule has 1 saturated heterocycles. The van der Waals surface area contributed by atoms with Gasteiger partial charge in [-0.05, 0) is 61.9 Å². The van der Waals surface area contributed by atoms with Gasteiger partial charge in [-0.15, -0.1) is 0 Å². The molecule has 4 heterocycles. The molecular formula is C28H30F3N5O2. The highest BCUT2D eigenvalue weighted by Gasteiger charge is 2.31. The molecule has 0 spiro atoms. The second kappa shape index (κ2) is 10.8. The summed E-state index contributed by atoms with van der Waals surface area (Å²) >= 11 is 0. The second-order valence-corrected chi connectivity index (χ2v) is 9.87. The second-order valence-electron chi connectivity index (χ2n) is 9.87. The van der Waals surface area contributed by atoms with Crippen molar-refractivity contribution < 1.29 is 22.7 Å². The van der Waals surface area contributed by atoms with E-state index in [1.807, 2.05) is 13.0 Å². The first kappa shape index (κ1) is 26.2. The van der Waals surface area contributed by atoms with Gasteiger partial charge in [-0.25, -0.2) is 9.67 Å². The molecule has 7 nitrogen and oxygen atoms in total. The number of halogens is 3.